The predicted molar refractivity (Wildman–Crippen MR) is 75.0 cm³/mol. The molecule has 0 bridgehead atoms. The average Bonchev–Trinajstić information content (AvgIpc) is 2.87. The smallest absolute Gasteiger partial charge is 0.119 e. The van der Waals surface area contributed by atoms with E-state index >= 15 is 0 Å². The molecule has 1 aromatic carbocycles. The molecule has 2 rings (SSSR count). The molecule has 100 valence electrons. The Balaban J connectivity index is 2.00. The number of methoxy groups -OCH3 is 1. The molecule has 0 radical (unpaired) electrons. The number of ether oxygens (including phenoxy) is 1. The molecule has 2 unspecified atom stereocenters. The topological polar surface area (TPSA) is 24.5 Å². The maximum Gasteiger partial charge on any atom is 0.119 e. The molecule has 0 saturated carbocycles. The maximum absolute atomic E-state index is 5.30. The summed E-state index contributed by atoms with van der Waals surface area (Å²) in [6, 6.07) is 8.90. The summed E-state index contributed by atoms with van der Waals surface area (Å²) in [6.07, 6.45) is 1.30. The molecular formula is C15H24N2O. The zero-order chi connectivity index (χ0) is 13.0. The van der Waals surface area contributed by atoms with Gasteiger partial charge >= 0.3 is 0 Å². The van der Waals surface area contributed by atoms with E-state index in [9.17, 15) is 0 Å². The van der Waals surface area contributed by atoms with E-state index in [4.69, 9.17) is 4.74 Å². The monoisotopic (exact) mass is 248 g/mol. The van der Waals surface area contributed by atoms with Gasteiger partial charge in [-0.05, 0) is 57.1 Å². The SMILES string of the molecule is CNCC1CCN(C(C)c2cccc(OC)c2)C1. The Hall–Kier alpha value is -1.06. The van der Waals surface area contributed by atoms with Crippen molar-refractivity contribution in [2.75, 3.05) is 33.8 Å². The van der Waals surface area contributed by atoms with Gasteiger partial charge in [-0.15, -0.1) is 0 Å². The average molecular weight is 248 g/mol. The molecule has 2 atom stereocenters. The highest BCUT2D eigenvalue weighted by Gasteiger charge is 2.26. The van der Waals surface area contributed by atoms with Gasteiger partial charge < -0.3 is 10.1 Å². The second-order valence-electron chi connectivity index (χ2n) is 5.16. The van der Waals surface area contributed by atoms with Crippen LogP contribution >= 0.6 is 0 Å². The summed E-state index contributed by atoms with van der Waals surface area (Å²) in [5.41, 5.74) is 1.35. The van der Waals surface area contributed by atoms with E-state index in [1.165, 1.54) is 25.1 Å². The van der Waals surface area contributed by atoms with Crippen molar-refractivity contribution in [2.45, 2.75) is 19.4 Å². The van der Waals surface area contributed by atoms with E-state index in [1.807, 2.05) is 13.1 Å². The van der Waals surface area contributed by atoms with Crippen molar-refractivity contribution in [1.29, 1.82) is 0 Å². The fraction of sp³-hybridized carbons (Fsp3) is 0.600. The van der Waals surface area contributed by atoms with E-state index in [-0.39, 0.29) is 0 Å². The quantitative estimate of drug-likeness (QED) is 0.865. The van der Waals surface area contributed by atoms with Crippen molar-refractivity contribution in [3.05, 3.63) is 29.8 Å². The third-order valence-electron chi connectivity index (χ3n) is 3.93. The summed E-state index contributed by atoms with van der Waals surface area (Å²) in [5.74, 6) is 1.74. The van der Waals surface area contributed by atoms with Crippen molar-refractivity contribution in [3.8, 4) is 5.75 Å². The second-order valence-corrected chi connectivity index (χ2v) is 5.16. The van der Waals surface area contributed by atoms with Gasteiger partial charge in [-0.1, -0.05) is 12.1 Å². The Morgan fingerprint density at radius 1 is 1.50 bits per heavy atom. The molecule has 1 saturated heterocycles. The number of nitrogens with one attached hydrogen (secondary N) is 1. The lowest BCUT2D eigenvalue weighted by molar-refractivity contribution is 0.251. The molecular weight excluding hydrogens is 224 g/mol. The summed E-state index contributed by atoms with van der Waals surface area (Å²) in [7, 11) is 3.76. The Morgan fingerprint density at radius 2 is 2.33 bits per heavy atom. The number of rotatable bonds is 5. The van der Waals surface area contributed by atoms with Crippen molar-refractivity contribution >= 4 is 0 Å². The number of hydrogen-bond donors (Lipinski definition) is 1. The van der Waals surface area contributed by atoms with Crippen molar-refractivity contribution in [2.24, 2.45) is 5.92 Å². The molecule has 0 amide bonds. The fourth-order valence-corrected chi connectivity index (χ4v) is 2.78. The molecule has 3 nitrogen and oxygen atoms in total. The number of hydrogen-bond acceptors (Lipinski definition) is 3. The fourth-order valence-electron chi connectivity index (χ4n) is 2.78. The largest absolute Gasteiger partial charge is 0.497 e. The normalized spacial score (nSPS) is 22.1. The van der Waals surface area contributed by atoms with Crippen LogP contribution in [0.1, 0.15) is 24.9 Å². The minimum Gasteiger partial charge on any atom is -0.497 e. The van der Waals surface area contributed by atoms with Gasteiger partial charge in [-0.2, -0.15) is 0 Å². The lowest BCUT2D eigenvalue weighted by Gasteiger charge is -2.25. The minimum absolute atomic E-state index is 0.474. The zero-order valence-electron chi connectivity index (χ0n) is 11.6. The molecule has 1 heterocycles. The highest BCUT2D eigenvalue weighted by atomic mass is 16.5. The summed E-state index contributed by atoms with van der Waals surface area (Å²) in [6.45, 7) is 5.81. The zero-order valence-corrected chi connectivity index (χ0v) is 11.6. The third kappa shape index (κ3) is 3.03. The first kappa shape index (κ1) is 13.4. The number of nitrogens with zero attached hydrogens (tertiary/aromatic N) is 1. The van der Waals surface area contributed by atoms with Gasteiger partial charge in [-0.3, -0.25) is 4.90 Å². The Morgan fingerprint density at radius 3 is 3.06 bits per heavy atom. The molecule has 0 aromatic heterocycles. The lowest BCUT2D eigenvalue weighted by atomic mass is 10.1. The van der Waals surface area contributed by atoms with Crippen LogP contribution in [0.2, 0.25) is 0 Å². The molecule has 1 aliphatic rings. The van der Waals surface area contributed by atoms with Crippen LogP contribution in [-0.2, 0) is 0 Å². The lowest BCUT2D eigenvalue weighted by Crippen LogP contribution is -2.27. The van der Waals surface area contributed by atoms with Gasteiger partial charge in [0.2, 0.25) is 0 Å². The van der Waals surface area contributed by atoms with Gasteiger partial charge in [0.05, 0.1) is 7.11 Å². The van der Waals surface area contributed by atoms with Crippen LogP contribution in [0.25, 0.3) is 0 Å². The molecule has 3 heteroatoms. The van der Waals surface area contributed by atoms with E-state index in [0.29, 0.717) is 6.04 Å². The highest BCUT2D eigenvalue weighted by molar-refractivity contribution is 5.30. The Bertz CT molecular complexity index is 381. The Labute approximate surface area is 110 Å². The molecule has 1 aliphatic heterocycles. The number of benzene rings is 1. The van der Waals surface area contributed by atoms with Crippen LogP contribution in [0.4, 0.5) is 0 Å². The van der Waals surface area contributed by atoms with Gasteiger partial charge in [0.1, 0.15) is 5.75 Å². The highest BCUT2D eigenvalue weighted by Crippen LogP contribution is 2.28. The van der Waals surface area contributed by atoms with Crippen molar-refractivity contribution in [3.63, 3.8) is 0 Å². The van der Waals surface area contributed by atoms with Gasteiger partial charge in [0.25, 0.3) is 0 Å². The van der Waals surface area contributed by atoms with Gasteiger partial charge in [0, 0.05) is 12.6 Å². The van der Waals surface area contributed by atoms with Crippen LogP contribution in [0.3, 0.4) is 0 Å². The van der Waals surface area contributed by atoms with E-state index in [1.54, 1.807) is 7.11 Å². The standard InChI is InChI=1S/C15H24N2O/c1-12(14-5-4-6-15(9-14)18-3)17-8-7-13(11-17)10-16-2/h4-6,9,12-13,16H,7-8,10-11H2,1-3H3. The second kappa shape index (κ2) is 6.21. The first-order valence-electron chi connectivity index (χ1n) is 6.77. The van der Waals surface area contributed by atoms with E-state index in [0.717, 1.165) is 18.2 Å². The molecule has 0 aliphatic carbocycles. The van der Waals surface area contributed by atoms with Crippen LogP contribution in [0, 0.1) is 5.92 Å². The molecule has 1 aromatic rings. The van der Waals surface area contributed by atoms with Crippen LogP contribution < -0.4 is 10.1 Å². The number of likely N-dealkylation sites (tertiary alicyclic amines) is 1. The predicted octanol–water partition coefficient (Wildman–Crippen LogP) is 2.30. The Kier molecular flexibility index (Phi) is 4.61. The molecule has 0 spiro atoms. The molecule has 18 heavy (non-hydrogen) atoms. The third-order valence-corrected chi connectivity index (χ3v) is 3.93. The molecule has 1 N–H and O–H groups in total. The van der Waals surface area contributed by atoms with Crippen LogP contribution in [-0.4, -0.2) is 38.7 Å². The first-order valence-corrected chi connectivity index (χ1v) is 6.77. The van der Waals surface area contributed by atoms with E-state index < -0.39 is 0 Å². The minimum atomic E-state index is 0.474. The van der Waals surface area contributed by atoms with Gasteiger partial charge in [-0.25, -0.2) is 0 Å². The summed E-state index contributed by atoms with van der Waals surface area (Å²) in [5, 5.41) is 3.28. The summed E-state index contributed by atoms with van der Waals surface area (Å²) in [4.78, 5) is 2.57. The molecule has 1 fully saturated rings. The van der Waals surface area contributed by atoms with Crippen LogP contribution in [0.5, 0.6) is 5.75 Å². The summed E-state index contributed by atoms with van der Waals surface area (Å²) < 4.78 is 5.30. The maximum atomic E-state index is 5.30. The van der Waals surface area contributed by atoms with E-state index in [2.05, 4.69) is 35.3 Å². The first-order chi connectivity index (χ1) is 8.74. The van der Waals surface area contributed by atoms with Gasteiger partial charge in [0.15, 0.2) is 0 Å². The van der Waals surface area contributed by atoms with Crippen molar-refractivity contribution < 1.29 is 4.74 Å². The van der Waals surface area contributed by atoms with Crippen molar-refractivity contribution in [1.82, 2.24) is 10.2 Å². The summed E-state index contributed by atoms with van der Waals surface area (Å²) >= 11 is 0. The van der Waals surface area contributed by atoms with Crippen LogP contribution in [0.15, 0.2) is 24.3 Å².